The Bertz CT molecular complexity index is 793. The summed E-state index contributed by atoms with van der Waals surface area (Å²) in [7, 11) is 1.85. The first-order chi connectivity index (χ1) is 14.8. The molecule has 0 atom stereocenters. The van der Waals surface area contributed by atoms with E-state index < -0.39 is 0 Å². The molecule has 162 valence electrons. The second-order valence-electron chi connectivity index (χ2n) is 8.08. The lowest BCUT2D eigenvalue weighted by Crippen LogP contribution is -2.48. The van der Waals surface area contributed by atoms with Crippen LogP contribution in [0.5, 0.6) is 0 Å². The number of hydrogen-bond donors (Lipinski definition) is 2. The summed E-state index contributed by atoms with van der Waals surface area (Å²) in [6.45, 7) is 6.27. The predicted molar refractivity (Wildman–Crippen MR) is 124 cm³/mol. The van der Waals surface area contributed by atoms with Crippen LogP contribution in [0.3, 0.4) is 0 Å². The zero-order valence-electron chi connectivity index (χ0n) is 17.9. The molecule has 2 saturated heterocycles. The van der Waals surface area contributed by atoms with Gasteiger partial charge >= 0.3 is 0 Å². The molecule has 0 bridgehead atoms. The number of nitrogens with one attached hydrogen (secondary N) is 2. The van der Waals surface area contributed by atoms with Crippen molar-refractivity contribution in [2.75, 3.05) is 44.7 Å². The predicted octanol–water partition coefficient (Wildman–Crippen LogP) is 2.51. The fraction of sp³-hybridized carbons (Fsp3) is 0.591. The molecule has 0 saturated carbocycles. The van der Waals surface area contributed by atoms with Crippen LogP contribution < -0.4 is 15.5 Å². The van der Waals surface area contributed by atoms with Crippen molar-refractivity contribution in [2.24, 2.45) is 4.99 Å². The lowest BCUT2D eigenvalue weighted by atomic mass is 10.0. The summed E-state index contributed by atoms with van der Waals surface area (Å²) in [5.41, 5.74) is 2.32. The van der Waals surface area contributed by atoms with Crippen molar-refractivity contribution in [2.45, 2.75) is 44.7 Å². The van der Waals surface area contributed by atoms with E-state index in [0.29, 0.717) is 6.04 Å². The molecule has 30 heavy (non-hydrogen) atoms. The van der Waals surface area contributed by atoms with Gasteiger partial charge in [0.1, 0.15) is 0 Å². The van der Waals surface area contributed by atoms with Crippen LogP contribution in [0, 0.1) is 0 Å². The number of rotatable bonds is 7. The quantitative estimate of drug-likeness (QED) is 0.523. The van der Waals surface area contributed by atoms with Gasteiger partial charge in [-0.2, -0.15) is 0 Å². The van der Waals surface area contributed by atoms with Crippen LogP contribution in [0.25, 0.3) is 0 Å². The molecule has 4 rings (SSSR count). The summed E-state index contributed by atoms with van der Waals surface area (Å²) >= 11 is 1.77. The van der Waals surface area contributed by atoms with E-state index in [1.54, 1.807) is 11.3 Å². The molecule has 4 heterocycles. The molecule has 2 aliphatic heterocycles. The van der Waals surface area contributed by atoms with Crippen molar-refractivity contribution in [1.29, 1.82) is 0 Å². The van der Waals surface area contributed by atoms with Crippen LogP contribution in [0.15, 0.2) is 34.8 Å². The highest BCUT2D eigenvalue weighted by Gasteiger charge is 2.20. The number of aromatic nitrogens is 2. The van der Waals surface area contributed by atoms with E-state index in [2.05, 4.69) is 47.9 Å². The first-order valence-electron chi connectivity index (χ1n) is 11.1. The number of aliphatic imine (C=N–C) groups is 1. The van der Waals surface area contributed by atoms with Gasteiger partial charge in [0.15, 0.2) is 11.1 Å². The Morgan fingerprint density at radius 1 is 1.17 bits per heavy atom. The monoisotopic (exact) mass is 427 g/mol. The van der Waals surface area contributed by atoms with E-state index in [1.165, 1.54) is 23.7 Å². The maximum atomic E-state index is 4.81. The van der Waals surface area contributed by atoms with Crippen LogP contribution >= 0.6 is 11.3 Å². The lowest BCUT2D eigenvalue weighted by molar-refractivity contribution is 0.196. The number of pyridine rings is 1. The van der Waals surface area contributed by atoms with Crippen molar-refractivity contribution in [3.05, 3.63) is 41.2 Å². The van der Waals surface area contributed by atoms with Gasteiger partial charge in [0.25, 0.3) is 0 Å². The van der Waals surface area contributed by atoms with Gasteiger partial charge in [-0.25, -0.2) is 4.98 Å². The van der Waals surface area contributed by atoms with Crippen LogP contribution in [-0.4, -0.2) is 66.6 Å². The van der Waals surface area contributed by atoms with Gasteiger partial charge in [-0.05, 0) is 37.8 Å². The van der Waals surface area contributed by atoms with Crippen LogP contribution in [0.1, 0.15) is 37.1 Å². The Balaban J connectivity index is 1.16. The second-order valence-corrected chi connectivity index (χ2v) is 8.92. The number of anilines is 1. The molecule has 0 unspecified atom stereocenters. The maximum absolute atomic E-state index is 4.81. The molecule has 0 spiro atoms. The molecule has 2 N–H and O–H groups in total. The summed E-state index contributed by atoms with van der Waals surface area (Å²) in [6, 6.07) is 6.61. The van der Waals surface area contributed by atoms with Crippen molar-refractivity contribution in [1.82, 2.24) is 25.5 Å². The highest BCUT2D eigenvalue weighted by molar-refractivity contribution is 7.13. The number of likely N-dealkylation sites (tertiary alicyclic amines) is 1. The third kappa shape index (κ3) is 5.92. The molecule has 0 amide bonds. The molecule has 0 radical (unpaired) electrons. The van der Waals surface area contributed by atoms with Gasteiger partial charge in [-0.3, -0.25) is 14.9 Å². The highest BCUT2D eigenvalue weighted by atomic mass is 32.1. The van der Waals surface area contributed by atoms with E-state index in [1.807, 2.05) is 19.3 Å². The van der Waals surface area contributed by atoms with E-state index in [0.717, 1.165) is 70.2 Å². The van der Waals surface area contributed by atoms with E-state index in [9.17, 15) is 0 Å². The minimum atomic E-state index is 0.470. The summed E-state index contributed by atoms with van der Waals surface area (Å²) in [6.07, 6.45) is 7.63. The number of nitrogens with zero attached hydrogens (tertiary/aromatic N) is 5. The Morgan fingerprint density at radius 2 is 2.00 bits per heavy atom. The smallest absolute Gasteiger partial charge is 0.191 e. The normalized spacial score (nSPS) is 18.7. The molecular formula is C22H33N7S. The van der Waals surface area contributed by atoms with Crippen LogP contribution in [0.4, 0.5) is 5.13 Å². The molecule has 2 aliphatic rings. The minimum Gasteiger partial charge on any atom is -0.356 e. The van der Waals surface area contributed by atoms with Crippen molar-refractivity contribution >= 4 is 22.4 Å². The standard InChI is InChI=1S/C22H33N7S/c1-23-21(25-11-7-20-17-30-22(27-20)29-12-4-5-13-29)26-18-8-14-28(15-9-18)16-19-6-2-3-10-24-19/h2-3,6,10,17-18H,4-5,7-9,11-16H2,1H3,(H2,23,25,26). The molecule has 7 nitrogen and oxygen atoms in total. The Morgan fingerprint density at radius 3 is 2.73 bits per heavy atom. The van der Waals surface area contributed by atoms with E-state index in [-0.39, 0.29) is 0 Å². The summed E-state index contributed by atoms with van der Waals surface area (Å²) in [5.74, 6) is 0.896. The van der Waals surface area contributed by atoms with Gasteiger partial charge in [-0.1, -0.05) is 6.07 Å². The number of piperidine rings is 1. The van der Waals surface area contributed by atoms with Gasteiger partial charge < -0.3 is 15.5 Å². The molecule has 8 heteroatoms. The molecular weight excluding hydrogens is 394 g/mol. The number of hydrogen-bond acceptors (Lipinski definition) is 6. The zero-order chi connectivity index (χ0) is 20.6. The fourth-order valence-corrected chi connectivity index (χ4v) is 5.03. The summed E-state index contributed by atoms with van der Waals surface area (Å²) < 4.78 is 0. The molecule has 0 aromatic carbocycles. The Labute approximate surface area is 183 Å². The second kappa shape index (κ2) is 10.7. The van der Waals surface area contributed by atoms with Gasteiger partial charge in [0.2, 0.25) is 0 Å². The fourth-order valence-electron chi connectivity index (χ4n) is 4.12. The Kier molecular flexibility index (Phi) is 7.53. The van der Waals surface area contributed by atoms with E-state index in [4.69, 9.17) is 4.98 Å². The minimum absolute atomic E-state index is 0.470. The first-order valence-corrected chi connectivity index (χ1v) is 12.0. The van der Waals surface area contributed by atoms with Crippen molar-refractivity contribution in [3.8, 4) is 0 Å². The van der Waals surface area contributed by atoms with Gasteiger partial charge in [0, 0.05) is 70.4 Å². The first kappa shape index (κ1) is 21.1. The lowest BCUT2D eigenvalue weighted by Gasteiger charge is -2.32. The largest absolute Gasteiger partial charge is 0.356 e. The number of thiazole rings is 1. The zero-order valence-corrected chi connectivity index (χ0v) is 18.7. The summed E-state index contributed by atoms with van der Waals surface area (Å²) in [4.78, 5) is 18.6. The van der Waals surface area contributed by atoms with Gasteiger partial charge in [-0.15, -0.1) is 11.3 Å². The molecule has 2 fully saturated rings. The third-order valence-electron chi connectivity index (χ3n) is 5.85. The van der Waals surface area contributed by atoms with Crippen molar-refractivity contribution in [3.63, 3.8) is 0 Å². The molecule has 2 aromatic heterocycles. The van der Waals surface area contributed by atoms with E-state index >= 15 is 0 Å². The average molecular weight is 428 g/mol. The van der Waals surface area contributed by atoms with Crippen molar-refractivity contribution < 1.29 is 0 Å². The Hall–Kier alpha value is -2.19. The molecule has 0 aliphatic carbocycles. The molecule has 2 aromatic rings. The highest BCUT2D eigenvalue weighted by Crippen LogP contribution is 2.24. The van der Waals surface area contributed by atoms with Gasteiger partial charge in [0.05, 0.1) is 11.4 Å². The van der Waals surface area contributed by atoms with Crippen LogP contribution in [-0.2, 0) is 13.0 Å². The topological polar surface area (TPSA) is 68.7 Å². The summed E-state index contributed by atoms with van der Waals surface area (Å²) in [5, 5.41) is 10.4. The number of guanidine groups is 1. The van der Waals surface area contributed by atoms with Crippen LogP contribution in [0.2, 0.25) is 0 Å². The SMILES string of the molecule is CN=C(NCCc1csc(N2CCCC2)n1)NC1CCN(Cc2ccccn2)CC1. The average Bonchev–Trinajstić information content (AvgIpc) is 3.47. The maximum Gasteiger partial charge on any atom is 0.191 e. The third-order valence-corrected chi connectivity index (χ3v) is 6.80.